The van der Waals surface area contributed by atoms with Crippen LogP contribution in [0.3, 0.4) is 0 Å². The standard InChI is InChI=1S/C11H12ClN7O3/c12-8-1-6(13)2-15-9(8)19-4-7(3-17-19)18(10(14)20)5-16-11(21)22/h1-4,16H,5,13H2,(H2,14,20)(H,21,22). The number of nitrogen functional groups attached to an aromatic ring is 1. The van der Waals surface area contributed by atoms with Crippen LogP contribution in [0.15, 0.2) is 24.7 Å². The molecule has 0 radical (unpaired) electrons. The van der Waals surface area contributed by atoms with E-state index in [0.717, 1.165) is 4.90 Å². The van der Waals surface area contributed by atoms with Crippen molar-refractivity contribution in [1.82, 2.24) is 20.1 Å². The van der Waals surface area contributed by atoms with Crippen molar-refractivity contribution in [2.24, 2.45) is 5.73 Å². The molecular formula is C11H12ClN7O3. The van der Waals surface area contributed by atoms with Gasteiger partial charge in [0.25, 0.3) is 0 Å². The number of aromatic nitrogens is 3. The molecule has 0 aliphatic heterocycles. The van der Waals surface area contributed by atoms with Crippen molar-refractivity contribution < 1.29 is 14.7 Å². The molecule has 3 amide bonds. The highest BCUT2D eigenvalue weighted by molar-refractivity contribution is 6.32. The highest BCUT2D eigenvalue weighted by atomic mass is 35.5. The van der Waals surface area contributed by atoms with Gasteiger partial charge in [-0.3, -0.25) is 4.90 Å². The van der Waals surface area contributed by atoms with E-state index in [-0.39, 0.29) is 17.4 Å². The summed E-state index contributed by atoms with van der Waals surface area (Å²) in [6.45, 7) is -0.320. The van der Waals surface area contributed by atoms with Crippen LogP contribution in [0.1, 0.15) is 0 Å². The summed E-state index contributed by atoms with van der Waals surface area (Å²) in [5.74, 6) is 0.303. The van der Waals surface area contributed by atoms with Crippen LogP contribution in [-0.2, 0) is 0 Å². The van der Waals surface area contributed by atoms with E-state index in [1.807, 2.05) is 5.32 Å². The third kappa shape index (κ3) is 3.35. The molecule has 10 nitrogen and oxygen atoms in total. The molecule has 22 heavy (non-hydrogen) atoms. The van der Waals surface area contributed by atoms with Gasteiger partial charge in [-0.25, -0.2) is 19.3 Å². The topological polar surface area (TPSA) is 152 Å². The number of anilines is 2. The normalized spacial score (nSPS) is 10.2. The fraction of sp³-hybridized carbons (Fsp3) is 0.0909. The number of primary amides is 1. The fourth-order valence-corrected chi connectivity index (χ4v) is 1.89. The Hall–Kier alpha value is -3.01. The Labute approximate surface area is 129 Å². The molecule has 0 spiro atoms. The lowest BCUT2D eigenvalue weighted by Gasteiger charge is -2.17. The van der Waals surface area contributed by atoms with Gasteiger partial charge in [0.2, 0.25) is 0 Å². The van der Waals surface area contributed by atoms with E-state index in [0.29, 0.717) is 11.5 Å². The van der Waals surface area contributed by atoms with Crippen molar-refractivity contribution >= 4 is 35.1 Å². The summed E-state index contributed by atoms with van der Waals surface area (Å²) in [6, 6.07) is 0.660. The van der Waals surface area contributed by atoms with Crippen LogP contribution in [0, 0.1) is 0 Å². The van der Waals surface area contributed by atoms with E-state index in [1.54, 1.807) is 0 Å². The SMILES string of the molecule is NC(=O)N(CNC(=O)O)c1cnn(-c2ncc(N)cc2Cl)c1. The molecule has 2 heterocycles. The lowest BCUT2D eigenvalue weighted by Crippen LogP contribution is -2.43. The predicted octanol–water partition coefficient (Wildman–Crippen LogP) is 0.613. The molecule has 0 fully saturated rings. The quantitative estimate of drug-likeness (QED) is 0.604. The van der Waals surface area contributed by atoms with Crippen molar-refractivity contribution in [2.45, 2.75) is 0 Å². The van der Waals surface area contributed by atoms with Gasteiger partial charge in [-0.2, -0.15) is 5.10 Å². The van der Waals surface area contributed by atoms with E-state index >= 15 is 0 Å². The van der Waals surface area contributed by atoms with E-state index in [2.05, 4.69) is 10.1 Å². The highest BCUT2D eigenvalue weighted by Crippen LogP contribution is 2.22. The molecule has 0 saturated carbocycles. The second-order valence-corrected chi connectivity index (χ2v) is 4.53. The first-order valence-electron chi connectivity index (χ1n) is 5.88. The molecule has 0 saturated heterocycles. The fourth-order valence-electron chi connectivity index (χ4n) is 1.63. The molecule has 0 aliphatic carbocycles. The van der Waals surface area contributed by atoms with Gasteiger partial charge in [-0.05, 0) is 6.07 Å². The second-order valence-electron chi connectivity index (χ2n) is 4.12. The average Bonchev–Trinajstić information content (AvgIpc) is 2.87. The minimum Gasteiger partial charge on any atom is -0.465 e. The van der Waals surface area contributed by atoms with Crippen LogP contribution >= 0.6 is 11.6 Å². The average molecular weight is 326 g/mol. The maximum atomic E-state index is 11.4. The Kier molecular flexibility index (Phi) is 4.32. The van der Waals surface area contributed by atoms with Crippen molar-refractivity contribution in [3.8, 4) is 5.82 Å². The van der Waals surface area contributed by atoms with E-state index in [9.17, 15) is 9.59 Å². The van der Waals surface area contributed by atoms with Gasteiger partial charge in [0.05, 0.1) is 35.0 Å². The highest BCUT2D eigenvalue weighted by Gasteiger charge is 2.16. The van der Waals surface area contributed by atoms with Crippen LogP contribution < -0.4 is 21.7 Å². The summed E-state index contributed by atoms with van der Waals surface area (Å²) < 4.78 is 1.31. The first-order chi connectivity index (χ1) is 10.4. The molecular weight excluding hydrogens is 314 g/mol. The largest absolute Gasteiger partial charge is 0.465 e. The summed E-state index contributed by atoms with van der Waals surface area (Å²) >= 11 is 6.02. The Balaban J connectivity index is 2.28. The molecule has 2 rings (SSSR count). The van der Waals surface area contributed by atoms with Gasteiger partial charge in [-0.1, -0.05) is 11.6 Å². The second kappa shape index (κ2) is 6.18. The Morgan fingerprint density at radius 2 is 2.18 bits per heavy atom. The Morgan fingerprint density at radius 3 is 2.77 bits per heavy atom. The van der Waals surface area contributed by atoms with Crippen LogP contribution in [0.2, 0.25) is 5.02 Å². The number of carbonyl (C=O) groups excluding carboxylic acids is 1. The minimum atomic E-state index is -1.29. The molecule has 0 atom stereocenters. The number of nitrogens with zero attached hydrogens (tertiary/aromatic N) is 4. The molecule has 0 aromatic carbocycles. The van der Waals surface area contributed by atoms with Crippen molar-refractivity contribution in [1.29, 1.82) is 0 Å². The van der Waals surface area contributed by atoms with Gasteiger partial charge < -0.3 is 21.9 Å². The number of amides is 3. The number of urea groups is 1. The number of hydrogen-bond donors (Lipinski definition) is 4. The van der Waals surface area contributed by atoms with E-state index < -0.39 is 12.1 Å². The van der Waals surface area contributed by atoms with E-state index in [1.165, 1.54) is 29.3 Å². The smallest absolute Gasteiger partial charge is 0.406 e. The predicted molar refractivity (Wildman–Crippen MR) is 78.9 cm³/mol. The minimum absolute atomic E-state index is 0.268. The zero-order chi connectivity index (χ0) is 16.3. The van der Waals surface area contributed by atoms with Crippen LogP contribution in [-0.4, -0.2) is 38.7 Å². The molecule has 11 heteroatoms. The molecule has 116 valence electrons. The maximum Gasteiger partial charge on any atom is 0.406 e. The summed E-state index contributed by atoms with van der Waals surface area (Å²) in [6.07, 6.45) is 2.86. The number of halogens is 1. The van der Waals surface area contributed by atoms with Gasteiger partial charge >= 0.3 is 12.1 Å². The maximum absolute atomic E-state index is 11.4. The summed E-state index contributed by atoms with van der Waals surface area (Å²) in [4.78, 5) is 26.9. The zero-order valence-electron chi connectivity index (χ0n) is 11.1. The number of carbonyl (C=O) groups is 2. The van der Waals surface area contributed by atoms with Crippen molar-refractivity contribution in [3.63, 3.8) is 0 Å². The van der Waals surface area contributed by atoms with Gasteiger partial charge in [0.15, 0.2) is 5.82 Å². The van der Waals surface area contributed by atoms with Crippen LogP contribution in [0.5, 0.6) is 0 Å². The Morgan fingerprint density at radius 1 is 1.45 bits per heavy atom. The molecule has 2 aromatic rings. The van der Waals surface area contributed by atoms with Gasteiger partial charge in [0, 0.05) is 0 Å². The number of nitrogens with one attached hydrogen (secondary N) is 1. The Bertz CT molecular complexity index is 717. The molecule has 0 unspecified atom stereocenters. The van der Waals surface area contributed by atoms with E-state index in [4.69, 9.17) is 28.2 Å². The zero-order valence-corrected chi connectivity index (χ0v) is 11.9. The number of hydrogen-bond acceptors (Lipinski definition) is 5. The third-order valence-electron chi connectivity index (χ3n) is 2.59. The van der Waals surface area contributed by atoms with Crippen LogP contribution in [0.4, 0.5) is 21.0 Å². The molecule has 0 bridgehead atoms. The van der Waals surface area contributed by atoms with Crippen molar-refractivity contribution in [3.05, 3.63) is 29.7 Å². The van der Waals surface area contributed by atoms with Gasteiger partial charge in [0.1, 0.15) is 6.67 Å². The molecule has 0 aliphatic rings. The summed E-state index contributed by atoms with van der Waals surface area (Å²) in [5, 5.41) is 14.9. The lowest BCUT2D eigenvalue weighted by atomic mass is 10.4. The molecule has 6 N–H and O–H groups in total. The van der Waals surface area contributed by atoms with Crippen LogP contribution in [0.25, 0.3) is 5.82 Å². The lowest BCUT2D eigenvalue weighted by molar-refractivity contribution is 0.194. The first kappa shape index (κ1) is 15.4. The number of pyridine rings is 1. The summed E-state index contributed by atoms with van der Waals surface area (Å²) in [7, 11) is 0. The number of nitrogens with two attached hydrogens (primary N) is 2. The molecule has 2 aromatic heterocycles. The van der Waals surface area contributed by atoms with Gasteiger partial charge in [-0.15, -0.1) is 0 Å². The first-order valence-corrected chi connectivity index (χ1v) is 6.26. The summed E-state index contributed by atoms with van der Waals surface area (Å²) in [5.41, 5.74) is 11.4. The third-order valence-corrected chi connectivity index (χ3v) is 2.87. The van der Waals surface area contributed by atoms with Crippen molar-refractivity contribution in [2.75, 3.05) is 17.3 Å². The number of rotatable bonds is 4. The number of carboxylic acid groups (broad SMARTS) is 1. The monoisotopic (exact) mass is 325 g/mol.